The minimum Gasteiger partial charge on any atom is -0.461 e. The minimum absolute atomic E-state index is 0.0315. The summed E-state index contributed by atoms with van der Waals surface area (Å²) in [6, 6.07) is 19.1. The first-order valence-electron chi connectivity index (χ1n) is 13.3. The Balaban J connectivity index is 1.08. The van der Waals surface area contributed by atoms with Gasteiger partial charge in [-0.3, -0.25) is 14.3 Å². The summed E-state index contributed by atoms with van der Waals surface area (Å²) in [5.41, 5.74) is 2.31. The smallest absolute Gasteiger partial charge is 0.273 e. The van der Waals surface area contributed by atoms with Crippen molar-refractivity contribution in [2.75, 3.05) is 32.7 Å². The van der Waals surface area contributed by atoms with E-state index in [9.17, 15) is 4.79 Å². The van der Waals surface area contributed by atoms with Crippen LogP contribution in [0.15, 0.2) is 88.0 Å². The Kier molecular flexibility index (Phi) is 9.07. The fourth-order valence-corrected chi connectivity index (χ4v) is 6.70. The number of aromatic nitrogens is 4. The molecule has 0 spiro atoms. The summed E-state index contributed by atoms with van der Waals surface area (Å²) in [4.78, 5) is 22.1. The van der Waals surface area contributed by atoms with Gasteiger partial charge in [0.15, 0.2) is 10.9 Å². The molecule has 42 heavy (non-hydrogen) atoms. The van der Waals surface area contributed by atoms with Crippen molar-refractivity contribution in [1.29, 1.82) is 0 Å². The number of thioether (sulfide) groups is 1. The highest BCUT2D eigenvalue weighted by atomic mass is 35.5. The Morgan fingerprint density at radius 1 is 1.02 bits per heavy atom. The van der Waals surface area contributed by atoms with Crippen LogP contribution in [0, 0.1) is 0 Å². The number of amides is 1. The quantitative estimate of drug-likeness (QED) is 0.160. The van der Waals surface area contributed by atoms with Crippen LogP contribution in [0.25, 0.3) is 23.3 Å². The van der Waals surface area contributed by atoms with Gasteiger partial charge in [-0.2, -0.15) is 0 Å². The van der Waals surface area contributed by atoms with Crippen LogP contribution in [0.2, 0.25) is 10.0 Å². The normalized spacial score (nSPS) is 14.2. The van der Waals surface area contributed by atoms with Crippen LogP contribution in [0.4, 0.5) is 0 Å². The minimum atomic E-state index is -0.0315. The molecular weight excluding hydrogens is 611 g/mol. The van der Waals surface area contributed by atoms with E-state index in [0.717, 1.165) is 24.6 Å². The number of furan rings is 1. The van der Waals surface area contributed by atoms with Crippen molar-refractivity contribution in [1.82, 2.24) is 29.5 Å². The van der Waals surface area contributed by atoms with E-state index in [-0.39, 0.29) is 5.91 Å². The van der Waals surface area contributed by atoms with Crippen LogP contribution < -0.4 is 0 Å². The number of nitrogens with zero attached hydrogens (tertiary/aromatic N) is 6. The van der Waals surface area contributed by atoms with Gasteiger partial charge in [-0.05, 0) is 35.9 Å². The molecule has 0 aliphatic carbocycles. The van der Waals surface area contributed by atoms with Gasteiger partial charge in [-0.25, -0.2) is 4.98 Å². The summed E-state index contributed by atoms with van der Waals surface area (Å²) in [6.07, 6.45) is 5.89. The zero-order valence-electron chi connectivity index (χ0n) is 22.4. The molecule has 0 N–H and O–H groups in total. The Bertz CT molecular complexity index is 1680. The lowest BCUT2D eigenvalue weighted by atomic mass is 10.2. The molecule has 0 radical (unpaired) electrons. The first kappa shape index (κ1) is 28.7. The fourth-order valence-electron chi connectivity index (χ4n) is 4.60. The van der Waals surface area contributed by atoms with E-state index in [0.29, 0.717) is 57.0 Å². The molecule has 4 heterocycles. The second-order valence-electron chi connectivity index (χ2n) is 9.54. The molecule has 1 aliphatic rings. The SMILES string of the molecule is O=C(c1csc(CSc2nnc(-c3ccco3)n2-c2cc(Cl)ccc2Cl)n1)N1CCN(CC=Cc2ccccc2)CC1. The third-order valence-electron chi connectivity index (χ3n) is 6.75. The molecule has 1 fully saturated rings. The van der Waals surface area contributed by atoms with Crippen LogP contribution in [-0.2, 0) is 5.75 Å². The van der Waals surface area contributed by atoms with Crippen LogP contribution in [-0.4, -0.2) is 68.2 Å². The average Bonchev–Trinajstić information content (AvgIpc) is 3.79. The standard InChI is InChI=1S/C30H26Cl2N6O2S2/c31-22-10-11-23(32)25(18-22)38-28(26-9-5-17-40-26)34-35-30(38)42-20-27-33-24(19-41-27)29(39)37-15-13-36(14-16-37)12-4-8-21-6-2-1-3-7-21/h1-11,17-19H,12-16,20H2. The second kappa shape index (κ2) is 13.3. The molecule has 0 unspecified atom stereocenters. The lowest BCUT2D eigenvalue weighted by Crippen LogP contribution is -2.48. The highest BCUT2D eigenvalue weighted by molar-refractivity contribution is 7.98. The predicted octanol–water partition coefficient (Wildman–Crippen LogP) is 7.05. The number of benzene rings is 2. The van der Waals surface area contributed by atoms with Gasteiger partial charge in [0.2, 0.25) is 5.82 Å². The molecule has 2 aromatic carbocycles. The summed E-state index contributed by atoms with van der Waals surface area (Å²) in [5, 5.41) is 13.1. The van der Waals surface area contributed by atoms with E-state index in [4.69, 9.17) is 27.6 Å². The number of carbonyl (C=O) groups excluding carboxylic acids is 1. The molecule has 0 atom stereocenters. The Hall–Kier alpha value is -3.41. The number of piperazine rings is 1. The first-order chi connectivity index (χ1) is 20.5. The summed E-state index contributed by atoms with van der Waals surface area (Å²) in [6.45, 7) is 3.88. The van der Waals surface area contributed by atoms with Crippen molar-refractivity contribution in [3.8, 4) is 17.3 Å². The van der Waals surface area contributed by atoms with Crippen molar-refractivity contribution in [3.05, 3.63) is 105 Å². The molecule has 214 valence electrons. The van der Waals surface area contributed by atoms with Crippen LogP contribution in [0.3, 0.4) is 0 Å². The number of hydrogen-bond donors (Lipinski definition) is 0. The van der Waals surface area contributed by atoms with Gasteiger partial charge in [-0.1, -0.05) is 77.4 Å². The third-order valence-corrected chi connectivity index (χ3v) is 9.28. The summed E-state index contributed by atoms with van der Waals surface area (Å²) >= 11 is 15.8. The molecular formula is C30H26Cl2N6O2S2. The summed E-state index contributed by atoms with van der Waals surface area (Å²) in [5.74, 6) is 1.54. The maximum Gasteiger partial charge on any atom is 0.273 e. The van der Waals surface area contributed by atoms with Crippen molar-refractivity contribution >= 4 is 58.3 Å². The zero-order valence-corrected chi connectivity index (χ0v) is 25.5. The molecule has 3 aromatic heterocycles. The van der Waals surface area contributed by atoms with E-state index >= 15 is 0 Å². The number of halogens is 2. The fraction of sp³-hybridized carbons (Fsp3) is 0.200. The van der Waals surface area contributed by atoms with Crippen molar-refractivity contribution < 1.29 is 9.21 Å². The van der Waals surface area contributed by atoms with Crippen LogP contribution >= 0.6 is 46.3 Å². The molecule has 0 bridgehead atoms. The van der Waals surface area contributed by atoms with Gasteiger partial charge < -0.3 is 9.32 Å². The number of thiazole rings is 1. The van der Waals surface area contributed by atoms with Gasteiger partial charge in [0.25, 0.3) is 5.91 Å². The number of rotatable bonds is 9. The monoisotopic (exact) mass is 636 g/mol. The van der Waals surface area contributed by atoms with Gasteiger partial charge in [0.05, 0.1) is 22.7 Å². The molecule has 8 nitrogen and oxygen atoms in total. The third kappa shape index (κ3) is 6.63. The van der Waals surface area contributed by atoms with E-state index in [1.807, 2.05) is 39.1 Å². The van der Waals surface area contributed by atoms with E-state index in [2.05, 4.69) is 44.4 Å². The highest BCUT2D eigenvalue weighted by Gasteiger charge is 2.24. The van der Waals surface area contributed by atoms with Gasteiger partial charge >= 0.3 is 0 Å². The number of hydrogen-bond acceptors (Lipinski definition) is 8. The van der Waals surface area contributed by atoms with Crippen LogP contribution in [0.5, 0.6) is 0 Å². The molecule has 1 saturated heterocycles. The highest BCUT2D eigenvalue weighted by Crippen LogP contribution is 2.34. The van der Waals surface area contributed by atoms with Crippen molar-refractivity contribution in [3.63, 3.8) is 0 Å². The zero-order chi connectivity index (χ0) is 28.9. The lowest BCUT2D eigenvalue weighted by Gasteiger charge is -2.33. The topological polar surface area (TPSA) is 80.3 Å². The van der Waals surface area contributed by atoms with Gasteiger partial charge in [0, 0.05) is 43.1 Å². The second-order valence-corrected chi connectivity index (χ2v) is 12.3. The van der Waals surface area contributed by atoms with Crippen molar-refractivity contribution in [2.24, 2.45) is 0 Å². The average molecular weight is 638 g/mol. The molecule has 0 saturated carbocycles. The maximum absolute atomic E-state index is 13.2. The molecule has 6 rings (SSSR count). The lowest BCUT2D eigenvalue weighted by molar-refractivity contribution is 0.0645. The van der Waals surface area contributed by atoms with E-state index in [1.165, 1.54) is 28.7 Å². The largest absolute Gasteiger partial charge is 0.461 e. The Morgan fingerprint density at radius 3 is 2.64 bits per heavy atom. The molecule has 1 amide bonds. The first-order valence-corrected chi connectivity index (χ1v) is 15.9. The van der Waals surface area contributed by atoms with Gasteiger partial charge in [0.1, 0.15) is 10.7 Å². The van der Waals surface area contributed by atoms with E-state index < -0.39 is 0 Å². The molecule has 5 aromatic rings. The Morgan fingerprint density at radius 2 is 1.86 bits per heavy atom. The summed E-state index contributed by atoms with van der Waals surface area (Å²) in [7, 11) is 0. The van der Waals surface area contributed by atoms with Crippen LogP contribution in [0.1, 0.15) is 21.1 Å². The maximum atomic E-state index is 13.2. The molecule has 1 aliphatic heterocycles. The van der Waals surface area contributed by atoms with Gasteiger partial charge in [-0.15, -0.1) is 21.5 Å². The Labute approximate surface area is 261 Å². The van der Waals surface area contributed by atoms with Crippen molar-refractivity contribution in [2.45, 2.75) is 10.9 Å². The van der Waals surface area contributed by atoms with E-state index in [1.54, 1.807) is 30.5 Å². The molecule has 12 heteroatoms. The summed E-state index contributed by atoms with van der Waals surface area (Å²) < 4.78 is 7.42. The number of carbonyl (C=O) groups is 1. The predicted molar refractivity (Wildman–Crippen MR) is 169 cm³/mol.